The summed E-state index contributed by atoms with van der Waals surface area (Å²) in [7, 11) is 0. The van der Waals surface area contributed by atoms with Crippen LogP contribution in [0.15, 0.2) is 84.9 Å². The van der Waals surface area contributed by atoms with Gasteiger partial charge in [0.25, 0.3) is 35.0 Å². The molecule has 41 heavy (non-hydrogen) atoms. The van der Waals surface area contributed by atoms with Crippen LogP contribution < -0.4 is 14.5 Å². The molecular formula is C28H14N4O9. The lowest BCUT2D eigenvalue weighted by atomic mass is 10.1. The molecule has 0 saturated carbocycles. The maximum atomic E-state index is 13.3. The van der Waals surface area contributed by atoms with E-state index in [-0.39, 0.29) is 45.1 Å². The molecular weight excluding hydrogens is 536 g/mol. The molecule has 0 aromatic heterocycles. The summed E-state index contributed by atoms with van der Waals surface area (Å²) < 4.78 is 6.05. The fourth-order valence-electron chi connectivity index (χ4n) is 4.85. The van der Waals surface area contributed by atoms with Gasteiger partial charge in [0.1, 0.15) is 11.1 Å². The van der Waals surface area contributed by atoms with E-state index >= 15 is 0 Å². The Balaban J connectivity index is 1.40. The topological polar surface area (TPSA) is 170 Å². The average molecular weight is 550 g/mol. The molecule has 0 fully saturated rings. The molecule has 2 aliphatic rings. The molecule has 0 aliphatic carbocycles. The van der Waals surface area contributed by atoms with Crippen LogP contribution in [0.2, 0.25) is 0 Å². The third-order valence-corrected chi connectivity index (χ3v) is 6.61. The standard InChI is InChI=1S/C28H14N4O9/c33-25-15-7-5-11-19(31(37)38)23(15)27(35)29(25)17-9-1-3-13-21(17)41-22-14-4-2-10-18(22)30-26(34)16-8-6-12-20(32(39)40)24(16)28(30)36/h1-14H. The maximum Gasteiger partial charge on any atom is 0.283 e. The Morgan fingerprint density at radius 1 is 0.512 bits per heavy atom. The summed E-state index contributed by atoms with van der Waals surface area (Å²) in [4.78, 5) is 76.1. The minimum absolute atomic E-state index is 0.0409. The number of carbonyl (C=O) groups excluding carboxylic acids is 4. The van der Waals surface area contributed by atoms with Crippen molar-refractivity contribution < 1.29 is 33.8 Å². The molecule has 0 spiro atoms. The van der Waals surface area contributed by atoms with E-state index in [0.29, 0.717) is 0 Å². The number of amides is 4. The number of hydrogen-bond donors (Lipinski definition) is 0. The van der Waals surface area contributed by atoms with Gasteiger partial charge in [-0.1, -0.05) is 36.4 Å². The predicted octanol–water partition coefficient (Wildman–Crippen LogP) is 4.90. The van der Waals surface area contributed by atoms with Gasteiger partial charge in [-0.25, -0.2) is 9.80 Å². The summed E-state index contributed by atoms with van der Waals surface area (Å²) >= 11 is 0. The lowest BCUT2D eigenvalue weighted by Gasteiger charge is -2.21. The molecule has 6 rings (SSSR count). The molecule has 0 saturated heterocycles. The van der Waals surface area contributed by atoms with Crippen molar-refractivity contribution in [3.63, 3.8) is 0 Å². The van der Waals surface area contributed by atoms with Gasteiger partial charge in [0, 0.05) is 12.1 Å². The molecule has 200 valence electrons. The summed E-state index contributed by atoms with van der Waals surface area (Å²) in [6, 6.07) is 19.3. The van der Waals surface area contributed by atoms with Crippen LogP contribution in [0.1, 0.15) is 41.4 Å². The van der Waals surface area contributed by atoms with Crippen molar-refractivity contribution in [2.75, 3.05) is 9.80 Å². The zero-order chi connectivity index (χ0) is 29.0. The van der Waals surface area contributed by atoms with Crippen molar-refractivity contribution >= 4 is 46.4 Å². The van der Waals surface area contributed by atoms with Crippen LogP contribution in [0.5, 0.6) is 11.5 Å². The van der Waals surface area contributed by atoms with Crippen LogP contribution in [0.3, 0.4) is 0 Å². The Labute approximate surface area is 229 Å². The molecule has 4 aromatic carbocycles. The van der Waals surface area contributed by atoms with E-state index in [9.17, 15) is 39.4 Å². The maximum absolute atomic E-state index is 13.3. The van der Waals surface area contributed by atoms with Gasteiger partial charge in [0.05, 0.1) is 32.3 Å². The summed E-state index contributed by atoms with van der Waals surface area (Å²) in [5.41, 5.74) is -2.13. The summed E-state index contributed by atoms with van der Waals surface area (Å²) in [5, 5.41) is 23.0. The van der Waals surface area contributed by atoms with Gasteiger partial charge in [-0.3, -0.25) is 39.4 Å². The van der Waals surface area contributed by atoms with Crippen molar-refractivity contribution in [3.8, 4) is 11.5 Å². The van der Waals surface area contributed by atoms with Crippen molar-refractivity contribution in [1.82, 2.24) is 0 Å². The highest BCUT2D eigenvalue weighted by Crippen LogP contribution is 2.43. The second kappa shape index (κ2) is 9.20. The van der Waals surface area contributed by atoms with Crippen LogP contribution in [-0.4, -0.2) is 33.5 Å². The number of para-hydroxylation sites is 4. The van der Waals surface area contributed by atoms with E-state index in [1.165, 1.54) is 60.7 Å². The Hall–Kier alpha value is -6.24. The molecule has 0 atom stereocenters. The molecule has 0 unspecified atom stereocenters. The van der Waals surface area contributed by atoms with E-state index in [1.54, 1.807) is 12.1 Å². The van der Waals surface area contributed by atoms with Gasteiger partial charge < -0.3 is 4.74 Å². The highest BCUT2D eigenvalue weighted by Gasteiger charge is 2.44. The third-order valence-electron chi connectivity index (χ3n) is 6.61. The van der Waals surface area contributed by atoms with Gasteiger partial charge in [-0.2, -0.15) is 0 Å². The largest absolute Gasteiger partial charge is 0.453 e. The van der Waals surface area contributed by atoms with Gasteiger partial charge in [0.15, 0.2) is 11.5 Å². The number of nitro groups is 2. The van der Waals surface area contributed by atoms with Crippen LogP contribution in [0, 0.1) is 20.2 Å². The van der Waals surface area contributed by atoms with Gasteiger partial charge in [-0.15, -0.1) is 0 Å². The molecule has 0 bridgehead atoms. The number of carbonyl (C=O) groups is 4. The summed E-state index contributed by atoms with van der Waals surface area (Å²) in [5.74, 6) is -3.53. The van der Waals surface area contributed by atoms with Crippen LogP contribution in [0.25, 0.3) is 0 Å². The van der Waals surface area contributed by atoms with E-state index in [4.69, 9.17) is 4.74 Å². The van der Waals surface area contributed by atoms with Crippen molar-refractivity contribution in [3.05, 3.63) is 127 Å². The normalized spacial score (nSPS) is 13.9. The van der Waals surface area contributed by atoms with Crippen molar-refractivity contribution in [1.29, 1.82) is 0 Å². The summed E-state index contributed by atoms with van der Waals surface area (Å²) in [6.07, 6.45) is 0. The second-order valence-electron chi connectivity index (χ2n) is 8.84. The molecule has 0 radical (unpaired) electrons. The predicted molar refractivity (Wildman–Crippen MR) is 141 cm³/mol. The first-order valence-electron chi connectivity index (χ1n) is 11.9. The van der Waals surface area contributed by atoms with Crippen LogP contribution in [0.4, 0.5) is 22.7 Å². The fourth-order valence-corrected chi connectivity index (χ4v) is 4.85. The van der Waals surface area contributed by atoms with Gasteiger partial charge >= 0.3 is 0 Å². The smallest absolute Gasteiger partial charge is 0.283 e. The van der Waals surface area contributed by atoms with Crippen LogP contribution in [-0.2, 0) is 0 Å². The number of benzene rings is 4. The number of fused-ring (bicyclic) bond motifs is 2. The zero-order valence-electron chi connectivity index (χ0n) is 20.5. The van der Waals surface area contributed by atoms with Crippen LogP contribution >= 0.6 is 0 Å². The Kier molecular flexibility index (Phi) is 5.62. The number of imide groups is 2. The molecule has 2 aliphatic heterocycles. The molecule has 4 amide bonds. The number of anilines is 2. The Morgan fingerprint density at radius 2 is 0.902 bits per heavy atom. The number of nitrogens with zero attached hydrogens (tertiary/aromatic N) is 4. The van der Waals surface area contributed by atoms with E-state index in [0.717, 1.165) is 21.9 Å². The SMILES string of the molecule is O=C1c2cccc([N+](=O)[O-])c2C(=O)N1c1ccccc1Oc1ccccc1N1C(=O)c2cccc([N+](=O)[O-])c2C1=O. The van der Waals surface area contributed by atoms with Crippen molar-refractivity contribution in [2.24, 2.45) is 0 Å². The lowest BCUT2D eigenvalue weighted by molar-refractivity contribution is -0.385. The molecule has 0 N–H and O–H groups in total. The summed E-state index contributed by atoms with van der Waals surface area (Å²) in [6.45, 7) is 0. The first-order valence-corrected chi connectivity index (χ1v) is 11.9. The van der Waals surface area contributed by atoms with E-state index in [2.05, 4.69) is 0 Å². The number of hydrogen-bond acceptors (Lipinski definition) is 9. The van der Waals surface area contributed by atoms with Crippen molar-refractivity contribution in [2.45, 2.75) is 0 Å². The quantitative estimate of drug-likeness (QED) is 0.184. The van der Waals surface area contributed by atoms with E-state index in [1.807, 2.05) is 0 Å². The van der Waals surface area contributed by atoms with Gasteiger partial charge in [-0.05, 0) is 36.4 Å². The van der Waals surface area contributed by atoms with Gasteiger partial charge in [0.2, 0.25) is 0 Å². The molecule has 4 aromatic rings. The fraction of sp³-hybridized carbons (Fsp3) is 0. The minimum atomic E-state index is -0.922. The minimum Gasteiger partial charge on any atom is -0.453 e. The van der Waals surface area contributed by atoms with E-state index < -0.39 is 44.9 Å². The average Bonchev–Trinajstić information content (AvgIpc) is 3.37. The first kappa shape index (κ1) is 25.1. The first-order chi connectivity index (χ1) is 19.7. The Morgan fingerprint density at radius 3 is 1.29 bits per heavy atom. The highest BCUT2D eigenvalue weighted by atomic mass is 16.6. The highest BCUT2D eigenvalue weighted by molar-refractivity contribution is 6.37. The molecule has 13 heteroatoms. The second-order valence-corrected chi connectivity index (χ2v) is 8.84. The number of ether oxygens (including phenoxy) is 1. The lowest BCUT2D eigenvalue weighted by Crippen LogP contribution is -2.30. The number of nitro benzene ring substituents is 2. The molecule has 2 heterocycles. The Bertz CT molecular complexity index is 1750. The third kappa shape index (κ3) is 3.71. The monoisotopic (exact) mass is 550 g/mol. The number of rotatable bonds is 6. The zero-order valence-corrected chi connectivity index (χ0v) is 20.5. The molecule has 13 nitrogen and oxygen atoms in total.